The molecule has 2 unspecified atom stereocenters. The largest absolute Gasteiger partial charge is 0.481 e. The van der Waals surface area contributed by atoms with Gasteiger partial charge in [-0.15, -0.1) is 6.58 Å². The Bertz CT molecular complexity index is 354. The first-order valence-electron chi connectivity index (χ1n) is 4.63. The van der Waals surface area contributed by atoms with Gasteiger partial charge in [0, 0.05) is 0 Å². The number of carbonyl (C=O) groups is 1. The maximum absolute atomic E-state index is 10.9. The second kappa shape index (κ2) is 4.28. The van der Waals surface area contributed by atoms with Gasteiger partial charge < -0.3 is 10.2 Å². The number of aliphatic carboxylic acids is 1. The van der Waals surface area contributed by atoms with Crippen LogP contribution in [-0.2, 0) is 10.4 Å². The van der Waals surface area contributed by atoms with Crippen molar-refractivity contribution in [1.82, 2.24) is 0 Å². The molecule has 0 saturated carbocycles. The molecule has 3 nitrogen and oxygen atoms in total. The summed E-state index contributed by atoms with van der Waals surface area (Å²) in [7, 11) is 0. The maximum atomic E-state index is 10.9. The summed E-state index contributed by atoms with van der Waals surface area (Å²) in [5.74, 6) is -2.10. The van der Waals surface area contributed by atoms with Gasteiger partial charge in [0.15, 0.2) is 0 Å². The first kappa shape index (κ1) is 11.5. The summed E-state index contributed by atoms with van der Waals surface area (Å²) in [6.45, 7) is 4.91. The lowest BCUT2D eigenvalue weighted by molar-refractivity contribution is -0.148. The summed E-state index contributed by atoms with van der Waals surface area (Å²) in [5.41, 5.74) is -0.869. The van der Waals surface area contributed by atoms with E-state index in [2.05, 4.69) is 6.58 Å². The predicted octanol–water partition coefficient (Wildman–Crippen LogP) is 1.78. The highest BCUT2D eigenvalue weighted by atomic mass is 16.4. The van der Waals surface area contributed by atoms with Crippen LogP contribution in [0.1, 0.15) is 12.5 Å². The molecule has 0 aliphatic heterocycles. The van der Waals surface area contributed by atoms with Crippen LogP contribution in [0.4, 0.5) is 0 Å². The van der Waals surface area contributed by atoms with Crippen LogP contribution in [0.25, 0.3) is 0 Å². The summed E-state index contributed by atoms with van der Waals surface area (Å²) >= 11 is 0. The van der Waals surface area contributed by atoms with Gasteiger partial charge in [-0.1, -0.05) is 36.4 Å². The Labute approximate surface area is 88.7 Å². The molecule has 2 atom stereocenters. The molecule has 0 aliphatic carbocycles. The third-order valence-corrected chi connectivity index (χ3v) is 2.47. The van der Waals surface area contributed by atoms with Crippen molar-refractivity contribution in [2.75, 3.05) is 0 Å². The molecule has 0 aromatic heterocycles. The second-order valence-electron chi connectivity index (χ2n) is 3.57. The van der Waals surface area contributed by atoms with E-state index in [0.717, 1.165) is 0 Å². The SMILES string of the molecule is C=CC(C(=O)O)C(C)(O)c1ccccc1. The Balaban J connectivity index is 3.11. The number of carboxylic acid groups (broad SMARTS) is 1. The van der Waals surface area contributed by atoms with E-state index >= 15 is 0 Å². The third-order valence-electron chi connectivity index (χ3n) is 2.47. The molecule has 0 aliphatic rings. The van der Waals surface area contributed by atoms with E-state index in [1.807, 2.05) is 6.07 Å². The van der Waals surface area contributed by atoms with Gasteiger partial charge in [-0.2, -0.15) is 0 Å². The zero-order chi connectivity index (χ0) is 11.5. The Morgan fingerprint density at radius 2 is 2.00 bits per heavy atom. The van der Waals surface area contributed by atoms with E-state index < -0.39 is 17.5 Å². The zero-order valence-electron chi connectivity index (χ0n) is 8.55. The van der Waals surface area contributed by atoms with Gasteiger partial charge in [0.2, 0.25) is 0 Å². The van der Waals surface area contributed by atoms with Crippen LogP contribution in [0.2, 0.25) is 0 Å². The molecule has 80 valence electrons. The quantitative estimate of drug-likeness (QED) is 0.738. The maximum Gasteiger partial charge on any atom is 0.313 e. The molecular weight excluding hydrogens is 192 g/mol. The van der Waals surface area contributed by atoms with Gasteiger partial charge in [-0.05, 0) is 12.5 Å². The van der Waals surface area contributed by atoms with Crippen molar-refractivity contribution in [1.29, 1.82) is 0 Å². The van der Waals surface area contributed by atoms with Crippen molar-refractivity contribution in [3.05, 3.63) is 48.6 Å². The van der Waals surface area contributed by atoms with E-state index in [-0.39, 0.29) is 0 Å². The Morgan fingerprint density at radius 1 is 1.47 bits per heavy atom. The molecule has 0 saturated heterocycles. The summed E-state index contributed by atoms with van der Waals surface area (Å²) < 4.78 is 0. The Hall–Kier alpha value is -1.61. The van der Waals surface area contributed by atoms with Gasteiger partial charge in [0.1, 0.15) is 11.5 Å². The highest BCUT2D eigenvalue weighted by Crippen LogP contribution is 2.30. The topological polar surface area (TPSA) is 57.5 Å². The lowest BCUT2D eigenvalue weighted by atomic mass is 9.83. The van der Waals surface area contributed by atoms with Crippen LogP contribution in [0.3, 0.4) is 0 Å². The first-order valence-corrected chi connectivity index (χ1v) is 4.63. The molecule has 2 N–H and O–H groups in total. The summed E-state index contributed by atoms with van der Waals surface area (Å²) in [4.78, 5) is 10.9. The number of rotatable bonds is 4. The number of hydrogen-bond acceptors (Lipinski definition) is 2. The highest BCUT2D eigenvalue weighted by molar-refractivity contribution is 5.74. The van der Waals surface area contributed by atoms with E-state index in [1.54, 1.807) is 24.3 Å². The number of carboxylic acids is 1. The second-order valence-corrected chi connectivity index (χ2v) is 3.57. The summed E-state index contributed by atoms with van der Waals surface area (Å²) in [6.07, 6.45) is 1.25. The zero-order valence-corrected chi connectivity index (χ0v) is 8.55. The third kappa shape index (κ3) is 2.25. The smallest absolute Gasteiger partial charge is 0.313 e. The summed E-state index contributed by atoms with van der Waals surface area (Å²) in [5, 5.41) is 19.1. The average Bonchev–Trinajstić information content (AvgIpc) is 2.19. The van der Waals surface area contributed by atoms with Gasteiger partial charge in [-0.25, -0.2) is 0 Å². The van der Waals surface area contributed by atoms with E-state index in [9.17, 15) is 9.90 Å². The molecule has 0 bridgehead atoms. The molecule has 0 fully saturated rings. The molecule has 1 aromatic carbocycles. The first-order chi connectivity index (χ1) is 7.00. The molecule has 0 spiro atoms. The van der Waals surface area contributed by atoms with Crippen LogP contribution in [0.5, 0.6) is 0 Å². The van der Waals surface area contributed by atoms with E-state index in [0.29, 0.717) is 5.56 Å². The monoisotopic (exact) mass is 206 g/mol. The molecule has 0 heterocycles. The minimum absolute atomic E-state index is 0.567. The van der Waals surface area contributed by atoms with Crippen molar-refractivity contribution >= 4 is 5.97 Å². The molecule has 3 heteroatoms. The van der Waals surface area contributed by atoms with Crippen LogP contribution < -0.4 is 0 Å². The van der Waals surface area contributed by atoms with Crippen LogP contribution in [0.15, 0.2) is 43.0 Å². The lowest BCUT2D eigenvalue weighted by Crippen LogP contribution is -2.35. The van der Waals surface area contributed by atoms with Crippen LogP contribution in [0, 0.1) is 5.92 Å². The number of hydrogen-bond donors (Lipinski definition) is 2. The van der Waals surface area contributed by atoms with Crippen LogP contribution in [-0.4, -0.2) is 16.2 Å². The van der Waals surface area contributed by atoms with Crippen molar-refractivity contribution in [3.8, 4) is 0 Å². The van der Waals surface area contributed by atoms with Crippen LogP contribution >= 0.6 is 0 Å². The van der Waals surface area contributed by atoms with Crippen molar-refractivity contribution in [2.24, 2.45) is 5.92 Å². The predicted molar refractivity (Wildman–Crippen MR) is 57.3 cm³/mol. The van der Waals surface area contributed by atoms with Gasteiger partial charge in [0.05, 0.1) is 0 Å². The fourth-order valence-corrected chi connectivity index (χ4v) is 1.53. The molecule has 0 amide bonds. The van der Waals surface area contributed by atoms with Crippen molar-refractivity contribution in [3.63, 3.8) is 0 Å². The molecule has 1 rings (SSSR count). The van der Waals surface area contributed by atoms with Gasteiger partial charge >= 0.3 is 5.97 Å². The number of aliphatic hydroxyl groups is 1. The van der Waals surface area contributed by atoms with Gasteiger partial charge in [0.25, 0.3) is 0 Å². The van der Waals surface area contributed by atoms with E-state index in [4.69, 9.17) is 5.11 Å². The van der Waals surface area contributed by atoms with Gasteiger partial charge in [-0.3, -0.25) is 4.79 Å². The normalized spacial score (nSPS) is 16.4. The average molecular weight is 206 g/mol. The minimum atomic E-state index is -1.44. The molecular formula is C12H14O3. The highest BCUT2D eigenvalue weighted by Gasteiger charge is 2.36. The standard InChI is InChI=1S/C12H14O3/c1-3-10(11(13)14)12(2,15)9-7-5-4-6-8-9/h3-8,10,15H,1H2,2H3,(H,13,14). The molecule has 1 aromatic rings. The van der Waals surface area contributed by atoms with E-state index in [1.165, 1.54) is 13.0 Å². The Morgan fingerprint density at radius 3 is 2.40 bits per heavy atom. The minimum Gasteiger partial charge on any atom is -0.481 e. The van der Waals surface area contributed by atoms with Crippen molar-refractivity contribution < 1.29 is 15.0 Å². The fourth-order valence-electron chi connectivity index (χ4n) is 1.53. The number of benzene rings is 1. The fraction of sp³-hybridized carbons (Fsp3) is 0.250. The molecule has 15 heavy (non-hydrogen) atoms. The summed E-state index contributed by atoms with van der Waals surface area (Å²) in [6, 6.07) is 8.71. The Kier molecular flexibility index (Phi) is 3.27. The lowest BCUT2D eigenvalue weighted by Gasteiger charge is -2.28. The molecule has 0 radical (unpaired) electrons. The van der Waals surface area contributed by atoms with Crippen molar-refractivity contribution in [2.45, 2.75) is 12.5 Å².